The zero-order chi connectivity index (χ0) is 11.4. The third-order valence-electron chi connectivity index (χ3n) is 2.15. The lowest BCUT2D eigenvalue weighted by atomic mass is 10.1. The van der Waals surface area contributed by atoms with E-state index in [1.807, 2.05) is 32.0 Å². The molecule has 15 heavy (non-hydrogen) atoms. The van der Waals surface area contributed by atoms with Gasteiger partial charge < -0.3 is 5.32 Å². The molecule has 3 heteroatoms. The molecule has 0 spiro atoms. The summed E-state index contributed by atoms with van der Waals surface area (Å²) in [4.78, 5) is 21.8. The topological polar surface area (TPSA) is 46.2 Å². The molecule has 0 aromatic heterocycles. The highest BCUT2D eigenvalue weighted by Crippen LogP contribution is 2.19. The van der Waals surface area contributed by atoms with Gasteiger partial charge in [0.25, 0.3) is 5.91 Å². The normalized spacial score (nSPS) is 9.47. The van der Waals surface area contributed by atoms with Crippen LogP contribution < -0.4 is 5.32 Å². The molecule has 0 radical (unpaired) electrons. The smallest absolute Gasteiger partial charge is 0.258 e. The van der Waals surface area contributed by atoms with Crippen LogP contribution in [0.1, 0.15) is 11.1 Å². The predicted molar refractivity (Wildman–Crippen MR) is 59.7 cm³/mol. The Kier molecular flexibility index (Phi) is 3.39. The molecule has 1 aromatic rings. The van der Waals surface area contributed by atoms with Crippen molar-refractivity contribution in [1.29, 1.82) is 0 Å². The van der Waals surface area contributed by atoms with Gasteiger partial charge in [0, 0.05) is 5.69 Å². The zero-order valence-electron chi connectivity index (χ0n) is 8.83. The van der Waals surface area contributed by atoms with E-state index in [1.54, 1.807) is 0 Å². The zero-order valence-corrected chi connectivity index (χ0v) is 8.83. The highest BCUT2D eigenvalue weighted by Gasteiger charge is 2.09. The van der Waals surface area contributed by atoms with Gasteiger partial charge in [-0.25, -0.2) is 0 Å². The van der Waals surface area contributed by atoms with Crippen LogP contribution in [0.4, 0.5) is 5.69 Å². The van der Waals surface area contributed by atoms with Crippen molar-refractivity contribution >= 4 is 17.9 Å². The Bertz CT molecular complexity index is 401. The van der Waals surface area contributed by atoms with E-state index in [0.717, 1.165) is 16.8 Å². The van der Waals surface area contributed by atoms with Gasteiger partial charge in [-0.1, -0.05) is 24.8 Å². The molecular weight excluding hydrogens is 190 g/mol. The molecule has 0 aliphatic rings. The number of nitrogens with one attached hydrogen (secondary N) is 1. The van der Waals surface area contributed by atoms with E-state index < -0.39 is 5.91 Å². The summed E-state index contributed by atoms with van der Waals surface area (Å²) in [6.45, 7) is 7.14. The first-order valence-corrected chi connectivity index (χ1v) is 4.58. The molecular formula is C12H13NO2. The lowest BCUT2D eigenvalue weighted by Gasteiger charge is -2.10. The van der Waals surface area contributed by atoms with Crippen LogP contribution in [0.25, 0.3) is 0 Å². The first-order chi connectivity index (χ1) is 7.06. The third-order valence-corrected chi connectivity index (χ3v) is 2.15. The summed E-state index contributed by atoms with van der Waals surface area (Å²) in [5, 5.41) is 2.66. The Balaban J connectivity index is 2.94. The lowest BCUT2D eigenvalue weighted by molar-refractivity contribution is -0.115. The Hall–Kier alpha value is -1.90. The molecule has 0 saturated heterocycles. The summed E-state index contributed by atoms with van der Waals surface area (Å²) in [6.07, 6.45) is 0.447. The van der Waals surface area contributed by atoms with Gasteiger partial charge in [-0.2, -0.15) is 0 Å². The molecule has 0 saturated carbocycles. The van der Waals surface area contributed by atoms with Gasteiger partial charge in [-0.05, 0) is 25.0 Å². The highest BCUT2D eigenvalue weighted by atomic mass is 16.2. The Morgan fingerprint density at radius 3 is 2.33 bits per heavy atom. The molecule has 3 nitrogen and oxygen atoms in total. The van der Waals surface area contributed by atoms with Crippen molar-refractivity contribution in [2.45, 2.75) is 13.8 Å². The van der Waals surface area contributed by atoms with E-state index in [0.29, 0.717) is 6.29 Å². The van der Waals surface area contributed by atoms with E-state index in [1.165, 1.54) is 0 Å². The molecule has 0 aliphatic carbocycles. The maximum absolute atomic E-state index is 11.4. The minimum Gasteiger partial charge on any atom is -0.321 e. The second-order valence-electron chi connectivity index (χ2n) is 3.36. The monoisotopic (exact) mass is 203 g/mol. The minimum absolute atomic E-state index is 0.0716. The number of amides is 1. The SMILES string of the molecule is C=C(C=O)C(=O)Nc1c(C)cccc1C. The van der Waals surface area contributed by atoms with Crippen LogP contribution in [0.15, 0.2) is 30.4 Å². The Morgan fingerprint density at radius 1 is 1.33 bits per heavy atom. The third kappa shape index (κ3) is 2.53. The summed E-state index contributed by atoms with van der Waals surface area (Å²) in [5.41, 5.74) is 2.59. The number of aryl methyl sites for hydroxylation is 2. The number of aldehydes is 1. The van der Waals surface area contributed by atoms with Crippen molar-refractivity contribution in [2.24, 2.45) is 0 Å². The van der Waals surface area contributed by atoms with Crippen LogP contribution >= 0.6 is 0 Å². The molecule has 1 aromatic carbocycles. The van der Waals surface area contributed by atoms with Gasteiger partial charge in [0.15, 0.2) is 6.29 Å². The highest BCUT2D eigenvalue weighted by molar-refractivity contribution is 6.16. The quantitative estimate of drug-likeness (QED) is 0.353. The van der Waals surface area contributed by atoms with E-state index in [2.05, 4.69) is 11.9 Å². The maximum atomic E-state index is 11.4. The summed E-state index contributed by atoms with van der Waals surface area (Å²) in [6, 6.07) is 5.70. The van der Waals surface area contributed by atoms with Crippen LogP contribution in [0.3, 0.4) is 0 Å². The lowest BCUT2D eigenvalue weighted by Crippen LogP contribution is -2.15. The van der Waals surface area contributed by atoms with Crippen LogP contribution in [0.2, 0.25) is 0 Å². The largest absolute Gasteiger partial charge is 0.321 e. The molecule has 0 fully saturated rings. The summed E-state index contributed by atoms with van der Waals surface area (Å²) in [5.74, 6) is -0.456. The molecule has 0 unspecified atom stereocenters. The number of hydrogen-bond donors (Lipinski definition) is 1. The number of para-hydroxylation sites is 1. The van der Waals surface area contributed by atoms with Crippen LogP contribution in [0, 0.1) is 13.8 Å². The molecule has 0 aliphatic heterocycles. The summed E-state index contributed by atoms with van der Waals surface area (Å²) < 4.78 is 0. The number of anilines is 1. The second kappa shape index (κ2) is 4.55. The van der Waals surface area contributed by atoms with Gasteiger partial charge in [0.1, 0.15) is 0 Å². The second-order valence-corrected chi connectivity index (χ2v) is 3.36. The van der Waals surface area contributed by atoms with Gasteiger partial charge in [0.05, 0.1) is 5.57 Å². The maximum Gasteiger partial charge on any atom is 0.258 e. The fraction of sp³-hybridized carbons (Fsp3) is 0.167. The number of carbonyl (C=O) groups is 2. The number of carbonyl (C=O) groups excluding carboxylic acids is 2. The Labute approximate surface area is 88.8 Å². The van der Waals surface area contributed by atoms with Crippen molar-refractivity contribution in [3.05, 3.63) is 41.5 Å². The summed E-state index contributed by atoms with van der Waals surface area (Å²) >= 11 is 0. The van der Waals surface area contributed by atoms with Crippen molar-refractivity contribution in [3.63, 3.8) is 0 Å². The Morgan fingerprint density at radius 2 is 1.87 bits per heavy atom. The fourth-order valence-electron chi connectivity index (χ4n) is 1.26. The van der Waals surface area contributed by atoms with E-state index in [9.17, 15) is 9.59 Å². The van der Waals surface area contributed by atoms with Gasteiger partial charge in [-0.15, -0.1) is 0 Å². The molecule has 0 bridgehead atoms. The number of benzene rings is 1. The van der Waals surface area contributed by atoms with Gasteiger partial charge in [-0.3, -0.25) is 9.59 Å². The van der Waals surface area contributed by atoms with Crippen LogP contribution in [-0.2, 0) is 9.59 Å². The average molecular weight is 203 g/mol. The summed E-state index contributed by atoms with van der Waals surface area (Å²) in [7, 11) is 0. The van der Waals surface area contributed by atoms with E-state index >= 15 is 0 Å². The van der Waals surface area contributed by atoms with Gasteiger partial charge in [0.2, 0.25) is 0 Å². The van der Waals surface area contributed by atoms with E-state index in [4.69, 9.17) is 0 Å². The van der Waals surface area contributed by atoms with Crippen molar-refractivity contribution in [2.75, 3.05) is 5.32 Å². The molecule has 1 amide bonds. The van der Waals surface area contributed by atoms with Crippen LogP contribution in [0.5, 0.6) is 0 Å². The number of rotatable bonds is 3. The van der Waals surface area contributed by atoms with Crippen molar-refractivity contribution in [3.8, 4) is 0 Å². The first-order valence-electron chi connectivity index (χ1n) is 4.58. The molecule has 78 valence electrons. The van der Waals surface area contributed by atoms with Crippen LogP contribution in [-0.4, -0.2) is 12.2 Å². The predicted octanol–water partition coefficient (Wildman–Crippen LogP) is 2.00. The van der Waals surface area contributed by atoms with E-state index in [-0.39, 0.29) is 5.57 Å². The number of hydrogen-bond acceptors (Lipinski definition) is 2. The molecule has 0 heterocycles. The fourth-order valence-corrected chi connectivity index (χ4v) is 1.26. The standard InChI is InChI=1S/C12H13NO2/c1-8-5-4-6-9(2)11(8)13-12(15)10(3)7-14/h4-7H,3H2,1-2H3,(H,13,15). The average Bonchev–Trinajstić information content (AvgIpc) is 2.22. The van der Waals surface area contributed by atoms with Crippen molar-refractivity contribution < 1.29 is 9.59 Å². The van der Waals surface area contributed by atoms with Gasteiger partial charge >= 0.3 is 0 Å². The molecule has 1 N–H and O–H groups in total. The molecule has 1 rings (SSSR count). The minimum atomic E-state index is -0.456. The van der Waals surface area contributed by atoms with Crippen molar-refractivity contribution in [1.82, 2.24) is 0 Å². The molecule has 0 atom stereocenters. The first kappa shape index (κ1) is 11.2.